The summed E-state index contributed by atoms with van der Waals surface area (Å²) >= 11 is 0. The highest BCUT2D eigenvalue weighted by atomic mass is 35.5. The molecular weight excluding hydrogens is 260 g/mol. The van der Waals surface area contributed by atoms with Crippen LogP contribution in [0.5, 0.6) is 0 Å². The Kier molecular flexibility index (Phi) is 7.16. The van der Waals surface area contributed by atoms with E-state index < -0.39 is 0 Å². The molecule has 2 aliphatic rings. The van der Waals surface area contributed by atoms with Crippen molar-refractivity contribution in [2.45, 2.75) is 76.8 Å². The van der Waals surface area contributed by atoms with Crippen LogP contribution in [0.3, 0.4) is 0 Å². The predicted molar refractivity (Wildman–Crippen MR) is 81.4 cm³/mol. The van der Waals surface area contributed by atoms with E-state index in [1.807, 2.05) is 0 Å². The van der Waals surface area contributed by atoms with Gasteiger partial charge in [0.25, 0.3) is 0 Å². The number of amides is 1. The number of rotatable bonds is 2. The van der Waals surface area contributed by atoms with Gasteiger partial charge in [-0.25, -0.2) is 0 Å². The average molecular weight is 289 g/mol. The van der Waals surface area contributed by atoms with Gasteiger partial charge >= 0.3 is 0 Å². The molecule has 4 heteroatoms. The molecule has 0 bridgehead atoms. The van der Waals surface area contributed by atoms with E-state index in [4.69, 9.17) is 5.73 Å². The van der Waals surface area contributed by atoms with Crippen LogP contribution in [0.1, 0.15) is 64.7 Å². The summed E-state index contributed by atoms with van der Waals surface area (Å²) in [6.07, 6.45) is 10.3. The zero-order chi connectivity index (χ0) is 13.0. The van der Waals surface area contributed by atoms with Gasteiger partial charge in [0.05, 0.1) is 0 Å². The molecule has 4 atom stereocenters. The van der Waals surface area contributed by atoms with Crippen LogP contribution in [0.2, 0.25) is 0 Å². The summed E-state index contributed by atoms with van der Waals surface area (Å²) in [4.78, 5) is 12.2. The molecule has 19 heavy (non-hydrogen) atoms. The Morgan fingerprint density at radius 3 is 2.53 bits per heavy atom. The third-order valence-electron chi connectivity index (χ3n) is 4.69. The van der Waals surface area contributed by atoms with Crippen molar-refractivity contribution in [3.8, 4) is 0 Å². The molecule has 2 aliphatic carbocycles. The minimum Gasteiger partial charge on any atom is -0.353 e. The zero-order valence-corrected chi connectivity index (χ0v) is 12.9. The fourth-order valence-corrected chi connectivity index (χ4v) is 3.42. The Hall–Kier alpha value is -0.280. The second-order valence-electron chi connectivity index (χ2n) is 6.44. The van der Waals surface area contributed by atoms with Crippen molar-refractivity contribution in [2.24, 2.45) is 17.6 Å². The zero-order valence-electron chi connectivity index (χ0n) is 12.1. The molecule has 0 heterocycles. The monoisotopic (exact) mass is 288 g/mol. The number of halogens is 1. The van der Waals surface area contributed by atoms with Gasteiger partial charge < -0.3 is 11.1 Å². The molecule has 2 saturated carbocycles. The minimum absolute atomic E-state index is 0. The molecule has 0 aromatic heterocycles. The molecule has 0 radical (unpaired) electrons. The van der Waals surface area contributed by atoms with E-state index in [2.05, 4.69) is 12.2 Å². The van der Waals surface area contributed by atoms with E-state index in [-0.39, 0.29) is 30.3 Å². The van der Waals surface area contributed by atoms with Crippen LogP contribution in [0, 0.1) is 11.8 Å². The maximum Gasteiger partial charge on any atom is 0.223 e. The molecular formula is C15H29ClN2O. The molecule has 0 aromatic rings. The van der Waals surface area contributed by atoms with Gasteiger partial charge in [0.2, 0.25) is 5.91 Å². The summed E-state index contributed by atoms with van der Waals surface area (Å²) in [5.74, 6) is 1.27. The number of nitrogens with two attached hydrogens (primary N) is 1. The van der Waals surface area contributed by atoms with Crippen LogP contribution in [0.4, 0.5) is 0 Å². The normalized spacial score (nSPS) is 35.9. The second-order valence-corrected chi connectivity index (χ2v) is 6.44. The molecule has 0 aromatic carbocycles. The second kappa shape index (κ2) is 8.11. The lowest BCUT2D eigenvalue weighted by atomic mass is 9.85. The van der Waals surface area contributed by atoms with Crippen molar-refractivity contribution < 1.29 is 4.79 Å². The van der Waals surface area contributed by atoms with E-state index in [0.29, 0.717) is 6.04 Å². The number of nitrogens with one attached hydrogen (secondary N) is 1. The van der Waals surface area contributed by atoms with Crippen LogP contribution in [-0.4, -0.2) is 18.0 Å². The Balaban J connectivity index is 0.00000180. The lowest BCUT2D eigenvalue weighted by Crippen LogP contribution is -2.42. The molecule has 3 N–H and O–H groups in total. The van der Waals surface area contributed by atoms with Gasteiger partial charge in [-0.1, -0.05) is 26.2 Å². The van der Waals surface area contributed by atoms with E-state index in [9.17, 15) is 4.79 Å². The maximum atomic E-state index is 12.2. The third-order valence-corrected chi connectivity index (χ3v) is 4.69. The first-order chi connectivity index (χ1) is 8.65. The molecule has 1 amide bonds. The summed E-state index contributed by atoms with van der Waals surface area (Å²) in [6.45, 7) is 2.32. The number of carbonyl (C=O) groups excluding carboxylic acids is 1. The topological polar surface area (TPSA) is 55.1 Å². The highest BCUT2D eigenvalue weighted by Gasteiger charge is 2.27. The first kappa shape index (κ1) is 16.8. The van der Waals surface area contributed by atoms with Gasteiger partial charge in [0.1, 0.15) is 0 Å². The first-order valence-corrected chi connectivity index (χ1v) is 7.71. The number of hydrogen-bond acceptors (Lipinski definition) is 2. The van der Waals surface area contributed by atoms with Gasteiger partial charge in [0, 0.05) is 18.0 Å². The number of carbonyl (C=O) groups is 1. The van der Waals surface area contributed by atoms with E-state index in [1.165, 1.54) is 19.3 Å². The molecule has 0 saturated heterocycles. The van der Waals surface area contributed by atoms with Crippen LogP contribution in [0.15, 0.2) is 0 Å². The Morgan fingerprint density at radius 2 is 1.79 bits per heavy atom. The summed E-state index contributed by atoms with van der Waals surface area (Å²) in [5.41, 5.74) is 5.96. The van der Waals surface area contributed by atoms with Crippen LogP contribution in [0.25, 0.3) is 0 Å². The summed E-state index contributed by atoms with van der Waals surface area (Å²) in [7, 11) is 0. The van der Waals surface area contributed by atoms with Crippen molar-refractivity contribution >= 4 is 18.3 Å². The standard InChI is InChI=1S/C15H28N2O.ClH/c1-11-4-2-7-14(9-8-11)17-15(18)12-5-3-6-13(16)10-12;/h11-14H,2-10,16H2,1H3,(H,17,18);1H. The van der Waals surface area contributed by atoms with Crippen LogP contribution >= 0.6 is 12.4 Å². The molecule has 0 spiro atoms. The molecule has 3 nitrogen and oxygen atoms in total. The average Bonchev–Trinajstić information content (AvgIpc) is 2.54. The summed E-state index contributed by atoms with van der Waals surface area (Å²) < 4.78 is 0. The van der Waals surface area contributed by atoms with Gasteiger partial charge in [0.15, 0.2) is 0 Å². The van der Waals surface area contributed by atoms with E-state index >= 15 is 0 Å². The van der Waals surface area contributed by atoms with Crippen molar-refractivity contribution in [1.29, 1.82) is 0 Å². The van der Waals surface area contributed by atoms with E-state index in [0.717, 1.165) is 44.4 Å². The van der Waals surface area contributed by atoms with Crippen molar-refractivity contribution in [3.05, 3.63) is 0 Å². The molecule has 112 valence electrons. The van der Waals surface area contributed by atoms with Crippen molar-refractivity contribution in [2.75, 3.05) is 0 Å². The van der Waals surface area contributed by atoms with Gasteiger partial charge in [-0.15, -0.1) is 12.4 Å². The van der Waals surface area contributed by atoms with Gasteiger partial charge in [-0.2, -0.15) is 0 Å². The Morgan fingerprint density at radius 1 is 1.05 bits per heavy atom. The van der Waals surface area contributed by atoms with Gasteiger partial charge in [-0.05, 0) is 44.4 Å². The third kappa shape index (κ3) is 5.31. The summed E-state index contributed by atoms with van der Waals surface area (Å²) in [6, 6.07) is 0.657. The Bertz CT molecular complexity index is 285. The summed E-state index contributed by atoms with van der Waals surface area (Å²) in [5, 5.41) is 3.28. The molecule has 2 rings (SSSR count). The SMILES string of the molecule is CC1CCCC(NC(=O)C2CCCC(N)C2)CC1.Cl. The van der Waals surface area contributed by atoms with Gasteiger partial charge in [-0.3, -0.25) is 4.79 Å². The molecule has 2 fully saturated rings. The maximum absolute atomic E-state index is 12.2. The minimum atomic E-state index is 0. The highest BCUT2D eigenvalue weighted by molar-refractivity contribution is 5.85. The molecule has 4 unspecified atom stereocenters. The fraction of sp³-hybridized carbons (Fsp3) is 0.933. The smallest absolute Gasteiger partial charge is 0.223 e. The lowest BCUT2D eigenvalue weighted by Gasteiger charge is -2.27. The number of hydrogen-bond donors (Lipinski definition) is 2. The lowest BCUT2D eigenvalue weighted by molar-refractivity contribution is -0.126. The fourth-order valence-electron chi connectivity index (χ4n) is 3.42. The quantitative estimate of drug-likeness (QED) is 0.768. The van der Waals surface area contributed by atoms with Crippen molar-refractivity contribution in [1.82, 2.24) is 5.32 Å². The van der Waals surface area contributed by atoms with Crippen molar-refractivity contribution in [3.63, 3.8) is 0 Å². The van der Waals surface area contributed by atoms with Crippen LogP contribution < -0.4 is 11.1 Å². The highest BCUT2D eigenvalue weighted by Crippen LogP contribution is 2.25. The van der Waals surface area contributed by atoms with Crippen LogP contribution in [-0.2, 0) is 4.79 Å². The first-order valence-electron chi connectivity index (χ1n) is 7.71. The largest absolute Gasteiger partial charge is 0.353 e. The van der Waals surface area contributed by atoms with E-state index in [1.54, 1.807) is 0 Å². The molecule has 0 aliphatic heterocycles. The predicted octanol–water partition coefficient (Wildman–Crippen LogP) is 3.01. The Labute approximate surface area is 123 Å².